The lowest BCUT2D eigenvalue weighted by Crippen LogP contribution is -2.55. The zero-order valence-corrected chi connectivity index (χ0v) is 80.9. The molecule has 0 aromatic carbocycles. The first-order valence-electron chi connectivity index (χ1n) is 48.5. The molecule has 3 saturated heterocycles. The van der Waals surface area contributed by atoms with Crippen LogP contribution in [0.25, 0.3) is 0 Å². The number of methoxy groups -OCH3 is 2. The fourth-order valence-electron chi connectivity index (χ4n) is 16.8. The molecule has 756 valence electrons. The van der Waals surface area contributed by atoms with Crippen molar-refractivity contribution in [2.75, 3.05) is 132 Å². The molecular weight excluding hydrogens is 1730 g/mol. The first-order chi connectivity index (χ1) is 62.5. The van der Waals surface area contributed by atoms with Gasteiger partial charge in [0.15, 0.2) is 18.9 Å². The molecule has 4 fully saturated rings. The van der Waals surface area contributed by atoms with E-state index >= 15 is 0 Å². The number of hydrogen-bond donors (Lipinski definition) is 12. The number of ketones is 4. The molecule has 3 aliphatic heterocycles. The van der Waals surface area contributed by atoms with Gasteiger partial charge in [-0.25, -0.2) is 4.79 Å². The van der Waals surface area contributed by atoms with Gasteiger partial charge in [0, 0.05) is 145 Å². The van der Waals surface area contributed by atoms with Crippen LogP contribution >= 0.6 is 21.6 Å². The lowest BCUT2D eigenvalue weighted by molar-refractivity contribution is -0.282. The Morgan fingerprint density at radius 2 is 0.792 bits per heavy atom. The highest BCUT2D eigenvalue weighted by molar-refractivity contribution is 8.77. The Morgan fingerprint density at radius 3 is 1.25 bits per heavy atom. The highest BCUT2D eigenvalue weighted by Crippen LogP contribution is 2.42. The Morgan fingerprint density at radius 1 is 0.392 bits per heavy atom. The van der Waals surface area contributed by atoms with E-state index in [1.807, 2.05) is 0 Å². The third-order valence-electron chi connectivity index (χ3n) is 25.1. The fraction of sp³-hybridized carbons (Fsp3) is 0.904. The summed E-state index contributed by atoms with van der Waals surface area (Å²) in [6, 6.07) is 0. The second-order valence-electron chi connectivity index (χ2n) is 36.4. The molecule has 4 aliphatic rings. The summed E-state index contributed by atoms with van der Waals surface area (Å²) in [5, 5.41) is 98.5. The summed E-state index contributed by atoms with van der Waals surface area (Å²) < 4.78 is 73.9. The molecule has 34 nitrogen and oxygen atoms in total. The number of hydrogen-bond acceptors (Lipinski definition) is 33. The number of carbonyl (C=O) groups excluding carboxylic acids is 9. The van der Waals surface area contributed by atoms with E-state index < -0.39 is 123 Å². The Bertz CT molecular complexity index is 2850. The van der Waals surface area contributed by atoms with Gasteiger partial charge >= 0.3 is 18.0 Å². The average Bonchev–Trinajstić information content (AvgIpc) is 0.931. The summed E-state index contributed by atoms with van der Waals surface area (Å²) in [7, 11) is 6.75. The molecular formula is C94H167N3O31S2. The molecule has 1 saturated carbocycles. The molecule has 12 N–H and O–H groups in total. The smallest absolute Gasteiger partial charge is 0.407 e. The van der Waals surface area contributed by atoms with Crippen LogP contribution < -0.4 is 16.0 Å². The summed E-state index contributed by atoms with van der Waals surface area (Å²) in [5.41, 5.74) is -0.676. The predicted molar refractivity (Wildman–Crippen MR) is 488 cm³/mol. The van der Waals surface area contributed by atoms with E-state index in [0.29, 0.717) is 167 Å². The summed E-state index contributed by atoms with van der Waals surface area (Å²) >= 11 is 0. The van der Waals surface area contributed by atoms with E-state index in [1.165, 1.54) is 0 Å². The molecule has 16 unspecified atom stereocenters. The van der Waals surface area contributed by atoms with Crippen molar-refractivity contribution in [1.29, 1.82) is 0 Å². The molecule has 0 aromatic heterocycles. The van der Waals surface area contributed by atoms with Crippen molar-refractivity contribution in [3.05, 3.63) is 0 Å². The van der Waals surface area contributed by atoms with E-state index in [9.17, 15) is 89.1 Å². The van der Waals surface area contributed by atoms with Crippen LogP contribution in [0.1, 0.15) is 291 Å². The van der Waals surface area contributed by atoms with Crippen LogP contribution in [0.2, 0.25) is 0 Å². The number of ether oxygens (including phenoxy) is 13. The molecule has 1 aliphatic carbocycles. The Balaban J connectivity index is 1.25. The quantitative estimate of drug-likeness (QED) is 0.0117. The first kappa shape index (κ1) is 118. The summed E-state index contributed by atoms with van der Waals surface area (Å²) in [6.45, 7) is 11.9. The molecule has 4 rings (SSSR count). The molecule has 0 aromatic rings. The molecule has 3 amide bonds. The number of nitrogens with one attached hydrogen (secondary N) is 3. The minimum Gasteiger partial charge on any atom is -0.466 e. The van der Waals surface area contributed by atoms with Crippen molar-refractivity contribution in [2.45, 2.75) is 376 Å². The van der Waals surface area contributed by atoms with Crippen molar-refractivity contribution >= 4 is 74.6 Å². The van der Waals surface area contributed by atoms with Gasteiger partial charge in [0.2, 0.25) is 11.8 Å². The normalized spacial score (nSPS) is 25.1. The number of Topliss-reactive ketones (excluding diaryl/α,β-unsaturated/α-hetero) is 4. The third-order valence-corrected chi connectivity index (χ3v) is 28.4. The minimum absolute atomic E-state index is 0.0475. The molecule has 18 atom stereocenters. The van der Waals surface area contributed by atoms with Gasteiger partial charge in [0.05, 0.1) is 110 Å². The molecule has 0 bridgehead atoms. The summed E-state index contributed by atoms with van der Waals surface area (Å²) in [6.07, 6.45) is 9.62. The van der Waals surface area contributed by atoms with E-state index in [1.54, 1.807) is 56.6 Å². The maximum atomic E-state index is 14.3. The van der Waals surface area contributed by atoms with Crippen molar-refractivity contribution in [3.8, 4) is 0 Å². The first-order valence-corrected chi connectivity index (χ1v) is 50.9. The molecule has 36 heteroatoms. The van der Waals surface area contributed by atoms with Gasteiger partial charge in [0.25, 0.3) is 0 Å². The molecule has 3 heterocycles. The highest BCUT2D eigenvalue weighted by atomic mass is 33.1. The number of rotatable bonds is 79. The van der Waals surface area contributed by atoms with Gasteiger partial charge < -0.3 is 123 Å². The number of unbranched alkanes of at least 4 members (excludes halogenated alkanes) is 13. The standard InChI is InChI=1S/C94H167N3O31S2/c1-66-83(109)86(112)76(62-98)126-89(66)122-48-25-33-70(101)31-17-11-8-16-24-47-97-92(115)125-53-30-43-94(41-28-51-120-81(107)37-18-12-9-14-22-45-95-79(105)35-26-49-123-90-67(2)84(110)87(113)77(63-99)127-90,42-29-52-121-82(108)38-19-13-10-15-23-46-96-80(106)36-27-50-124-91-68(3)85(111)88(114)78(64-100)128-91)61-72(103)40-54-118-55-56-119-57-58-129-130-93(4,5)44-39-71(102)32-20-21-34-75(104)74-60-73(117-7)59-69(74)65-116-6/h66-69,73-74,76-78,83-91,98-100,109-114H,8-65H2,1-7H3,(H,95,105)(H,96,106)(H,97,115)/t66?,67?,68?,69-,73+,74?,76?,77?,78?,83?,84?,85?,86?,87?,88?,89?,90?,91?,94?/m1/s1. The van der Waals surface area contributed by atoms with Crippen LogP contribution in [-0.2, 0) is 99.9 Å². The van der Waals surface area contributed by atoms with E-state index in [-0.39, 0.29) is 161 Å². The molecule has 0 radical (unpaired) electrons. The number of esters is 2. The number of amides is 3. The zero-order valence-electron chi connectivity index (χ0n) is 79.2. The van der Waals surface area contributed by atoms with Gasteiger partial charge in [-0.05, 0) is 154 Å². The largest absolute Gasteiger partial charge is 0.466 e. The Labute approximate surface area is 780 Å². The number of aliphatic hydroxyl groups excluding tert-OH is 9. The zero-order chi connectivity index (χ0) is 95.3. The SMILES string of the molecule is COC[C@H]1C[C@H](OC)CC1C(=O)CCCCC(=O)CCC(C)(C)SSCCOCCOCCC(=O)CC(CCCOC(=O)CCCCCCCNC(=O)CCCOC1OC(CO)C(O)C(O)C1C)(CCCOC(=O)CCCCCCCNC(=O)CCCOC1OC(CO)C(O)C(O)C1C)CCCOC(=O)NCCCCCCCC(=O)CCCOC1OC(CO)C(O)C(O)C1C. The maximum Gasteiger partial charge on any atom is 0.407 e. The molecule has 0 spiro atoms. The monoisotopic (exact) mass is 1900 g/mol. The van der Waals surface area contributed by atoms with Gasteiger partial charge in [-0.2, -0.15) is 0 Å². The second kappa shape index (κ2) is 70.4. The van der Waals surface area contributed by atoms with Gasteiger partial charge in [-0.15, -0.1) is 0 Å². The van der Waals surface area contributed by atoms with Crippen LogP contribution in [0.4, 0.5) is 4.79 Å². The van der Waals surface area contributed by atoms with Crippen molar-refractivity contribution in [3.63, 3.8) is 0 Å². The van der Waals surface area contributed by atoms with Crippen LogP contribution in [0.3, 0.4) is 0 Å². The lowest BCUT2D eigenvalue weighted by Gasteiger charge is -2.40. The number of carbonyl (C=O) groups is 9. The van der Waals surface area contributed by atoms with Crippen molar-refractivity contribution in [2.24, 2.45) is 35.0 Å². The number of alkyl carbamates (subject to hydrolysis) is 1. The van der Waals surface area contributed by atoms with Crippen molar-refractivity contribution < 1.29 is 151 Å². The van der Waals surface area contributed by atoms with Gasteiger partial charge in [0.1, 0.15) is 59.8 Å². The third kappa shape index (κ3) is 50.2. The molecule has 130 heavy (non-hydrogen) atoms. The minimum atomic E-state index is -1.23. The Kier molecular flexibility index (Phi) is 63.9. The van der Waals surface area contributed by atoms with Crippen LogP contribution in [-0.4, -0.2) is 316 Å². The van der Waals surface area contributed by atoms with E-state index in [0.717, 1.165) is 96.3 Å². The summed E-state index contributed by atoms with van der Waals surface area (Å²) in [5.74, 6) is -1.18. The predicted octanol–water partition coefficient (Wildman–Crippen LogP) is 9.27. The highest BCUT2D eigenvalue weighted by Gasteiger charge is 2.46. The second-order valence-corrected chi connectivity index (χ2v) is 39.6. The average molecular weight is 1900 g/mol. The fourth-order valence-corrected chi connectivity index (χ4v) is 19.3. The lowest BCUT2D eigenvalue weighted by atomic mass is 9.71. The van der Waals surface area contributed by atoms with Crippen LogP contribution in [0.5, 0.6) is 0 Å². The van der Waals surface area contributed by atoms with E-state index in [4.69, 9.17) is 61.6 Å². The van der Waals surface area contributed by atoms with E-state index in [2.05, 4.69) is 29.8 Å². The van der Waals surface area contributed by atoms with Crippen LogP contribution in [0, 0.1) is 35.0 Å². The summed E-state index contributed by atoms with van der Waals surface area (Å²) in [4.78, 5) is 117. The van der Waals surface area contributed by atoms with Gasteiger partial charge in [-0.1, -0.05) is 100 Å². The number of aliphatic hydroxyl groups is 9. The van der Waals surface area contributed by atoms with Crippen molar-refractivity contribution in [1.82, 2.24) is 16.0 Å². The van der Waals surface area contributed by atoms with Gasteiger partial charge in [-0.3, -0.25) is 38.4 Å². The maximum absolute atomic E-state index is 14.3. The topological polar surface area (TPSA) is 492 Å². The Hall–Kier alpha value is -4.23. The van der Waals surface area contributed by atoms with Crippen LogP contribution in [0.15, 0.2) is 0 Å².